The maximum absolute atomic E-state index is 13.2. The van der Waals surface area contributed by atoms with Crippen LogP contribution in [0.5, 0.6) is 0 Å². The molecule has 4 rings (SSSR count). The van der Waals surface area contributed by atoms with E-state index in [-0.39, 0.29) is 17.5 Å². The Balaban J connectivity index is 1.48. The van der Waals surface area contributed by atoms with Gasteiger partial charge in [0.15, 0.2) is 5.69 Å². The number of fused-ring (bicyclic) bond motifs is 1. The average molecular weight is 448 g/mol. The first-order valence-electron chi connectivity index (χ1n) is 11.3. The Morgan fingerprint density at radius 3 is 2.61 bits per heavy atom. The molecule has 2 N–H and O–H groups in total. The number of hydrogen-bond donors (Lipinski definition) is 2. The lowest BCUT2D eigenvalue weighted by molar-refractivity contribution is 0.0636. The van der Waals surface area contributed by atoms with Gasteiger partial charge in [0.1, 0.15) is 0 Å². The number of ether oxygens (including phenoxy) is 2. The van der Waals surface area contributed by atoms with E-state index in [2.05, 4.69) is 15.6 Å². The van der Waals surface area contributed by atoms with Gasteiger partial charge in [0, 0.05) is 38.6 Å². The van der Waals surface area contributed by atoms with E-state index in [1.54, 1.807) is 31.5 Å². The van der Waals surface area contributed by atoms with Crippen LogP contribution >= 0.6 is 0 Å². The number of anilines is 1. The van der Waals surface area contributed by atoms with E-state index < -0.39 is 0 Å². The van der Waals surface area contributed by atoms with Crippen LogP contribution in [0.15, 0.2) is 54.7 Å². The van der Waals surface area contributed by atoms with Gasteiger partial charge in [0.2, 0.25) is 0 Å². The van der Waals surface area contributed by atoms with E-state index >= 15 is 0 Å². The zero-order chi connectivity index (χ0) is 23.0. The fourth-order valence-corrected chi connectivity index (χ4v) is 4.23. The molecule has 0 radical (unpaired) electrons. The SMILES string of the molecule is COCc1ccc(C(=O)Nc2cccnc2C(=O)NCCC2CCOCC2)c2ccccc12. The molecule has 0 aliphatic carbocycles. The van der Waals surface area contributed by atoms with Crippen LogP contribution < -0.4 is 10.6 Å². The van der Waals surface area contributed by atoms with Crippen LogP contribution in [0, 0.1) is 5.92 Å². The summed E-state index contributed by atoms with van der Waals surface area (Å²) in [6, 6.07) is 14.8. The number of methoxy groups -OCH3 is 1. The first-order chi connectivity index (χ1) is 16.2. The third-order valence-corrected chi connectivity index (χ3v) is 6.01. The van der Waals surface area contributed by atoms with Crippen molar-refractivity contribution in [2.75, 3.05) is 32.2 Å². The average Bonchev–Trinajstić information content (AvgIpc) is 2.85. The number of carbonyl (C=O) groups excluding carboxylic acids is 2. The number of nitrogens with zero attached hydrogens (tertiary/aromatic N) is 1. The summed E-state index contributed by atoms with van der Waals surface area (Å²) in [6.45, 7) is 2.61. The van der Waals surface area contributed by atoms with Gasteiger partial charge in [0.25, 0.3) is 11.8 Å². The fraction of sp³-hybridized carbons (Fsp3) is 0.346. The van der Waals surface area contributed by atoms with Crippen molar-refractivity contribution in [2.45, 2.75) is 25.9 Å². The minimum Gasteiger partial charge on any atom is -0.381 e. The summed E-state index contributed by atoms with van der Waals surface area (Å²) in [6.07, 6.45) is 4.51. The normalized spacial score (nSPS) is 14.2. The Hall–Kier alpha value is -3.29. The molecule has 172 valence electrons. The molecule has 2 aromatic carbocycles. The molecular formula is C26H29N3O4. The molecular weight excluding hydrogens is 418 g/mol. The molecule has 2 amide bonds. The highest BCUT2D eigenvalue weighted by Crippen LogP contribution is 2.25. The lowest BCUT2D eigenvalue weighted by Crippen LogP contribution is -2.29. The Labute approximate surface area is 193 Å². The van der Waals surface area contributed by atoms with Crippen molar-refractivity contribution in [3.8, 4) is 0 Å². The van der Waals surface area contributed by atoms with Crippen LogP contribution in [-0.2, 0) is 16.1 Å². The Morgan fingerprint density at radius 2 is 1.82 bits per heavy atom. The monoisotopic (exact) mass is 447 g/mol. The molecule has 0 atom stereocenters. The Kier molecular flexibility index (Phi) is 7.65. The molecule has 33 heavy (non-hydrogen) atoms. The number of amides is 2. The van der Waals surface area contributed by atoms with Gasteiger partial charge in [-0.05, 0) is 59.7 Å². The molecule has 3 aromatic rings. The summed E-state index contributed by atoms with van der Waals surface area (Å²) in [7, 11) is 1.65. The van der Waals surface area contributed by atoms with E-state index in [0.29, 0.717) is 30.3 Å². The van der Waals surface area contributed by atoms with Crippen LogP contribution in [0.1, 0.15) is 45.7 Å². The van der Waals surface area contributed by atoms with Crippen molar-refractivity contribution in [2.24, 2.45) is 5.92 Å². The number of aromatic nitrogens is 1. The quantitative estimate of drug-likeness (QED) is 0.541. The highest BCUT2D eigenvalue weighted by molar-refractivity contribution is 6.15. The van der Waals surface area contributed by atoms with Gasteiger partial charge < -0.3 is 20.1 Å². The van der Waals surface area contributed by atoms with Crippen molar-refractivity contribution in [3.05, 3.63) is 71.5 Å². The summed E-state index contributed by atoms with van der Waals surface area (Å²) >= 11 is 0. The lowest BCUT2D eigenvalue weighted by Gasteiger charge is -2.21. The summed E-state index contributed by atoms with van der Waals surface area (Å²) in [5.74, 6) is -0.0194. The maximum atomic E-state index is 13.2. The number of rotatable bonds is 8. The topological polar surface area (TPSA) is 89.5 Å². The number of benzene rings is 2. The minimum absolute atomic E-state index is 0.207. The first-order valence-corrected chi connectivity index (χ1v) is 11.3. The molecule has 0 unspecified atom stereocenters. The highest BCUT2D eigenvalue weighted by atomic mass is 16.5. The molecule has 7 heteroatoms. The predicted octanol–water partition coefficient (Wildman–Crippen LogP) is 4.18. The second-order valence-electron chi connectivity index (χ2n) is 8.20. The van der Waals surface area contributed by atoms with Crippen LogP contribution in [-0.4, -0.2) is 43.7 Å². The van der Waals surface area contributed by atoms with Gasteiger partial charge in [-0.1, -0.05) is 30.3 Å². The molecule has 1 aliphatic rings. The van der Waals surface area contributed by atoms with Gasteiger partial charge >= 0.3 is 0 Å². The third-order valence-electron chi connectivity index (χ3n) is 6.01. The fourth-order valence-electron chi connectivity index (χ4n) is 4.23. The molecule has 0 saturated carbocycles. The number of nitrogens with one attached hydrogen (secondary N) is 2. The van der Waals surface area contributed by atoms with Crippen molar-refractivity contribution in [3.63, 3.8) is 0 Å². The number of carbonyl (C=O) groups is 2. The van der Waals surface area contributed by atoms with Gasteiger partial charge in [0.05, 0.1) is 12.3 Å². The van der Waals surface area contributed by atoms with Gasteiger partial charge in [-0.2, -0.15) is 0 Å². The van der Waals surface area contributed by atoms with Gasteiger partial charge in [-0.15, -0.1) is 0 Å². The molecule has 1 aliphatic heterocycles. The van der Waals surface area contributed by atoms with Crippen LogP contribution in [0.4, 0.5) is 5.69 Å². The van der Waals surface area contributed by atoms with E-state index in [0.717, 1.165) is 48.8 Å². The maximum Gasteiger partial charge on any atom is 0.272 e. The number of pyridine rings is 1. The van der Waals surface area contributed by atoms with Crippen molar-refractivity contribution in [1.82, 2.24) is 10.3 Å². The van der Waals surface area contributed by atoms with Gasteiger partial charge in [-0.3, -0.25) is 9.59 Å². The largest absolute Gasteiger partial charge is 0.381 e. The summed E-state index contributed by atoms with van der Waals surface area (Å²) in [4.78, 5) is 30.2. The van der Waals surface area contributed by atoms with Gasteiger partial charge in [-0.25, -0.2) is 4.98 Å². The summed E-state index contributed by atoms with van der Waals surface area (Å²) < 4.78 is 10.7. The van der Waals surface area contributed by atoms with Crippen molar-refractivity contribution < 1.29 is 19.1 Å². The molecule has 0 bridgehead atoms. The smallest absolute Gasteiger partial charge is 0.272 e. The lowest BCUT2D eigenvalue weighted by atomic mass is 9.97. The highest BCUT2D eigenvalue weighted by Gasteiger charge is 2.19. The van der Waals surface area contributed by atoms with E-state index in [9.17, 15) is 9.59 Å². The van der Waals surface area contributed by atoms with Crippen molar-refractivity contribution >= 4 is 28.3 Å². The second-order valence-corrected chi connectivity index (χ2v) is 8.20. The van der Waals surface area contributed by atoms with E-state index in [1.165, 1.54) is 0 Å². The third kappa shape index (κ3) is 5.56. The molecule has 1 fully saturated rings. The summed E-state index contributed by atoms with van der Waals surface area (Å²) in [5.41, 5.74) is 2.13. The number of hydrogen-bond acceptors (Lipinski definition) is 5. The molecule has 1 saturated heterocycles. The van der Waals surface area contributed by atoms with Crippen LogP contribution in [0.25, 0.3) is 10.8 Å². The Morgan fingerprint density at radius 1 is 1.03 bits per heavy atom. The zero-order valence-corrected chi connectivity index (χ0v) is 18.8. The summed E-state index contributed by atoms with van der Waals surface area (Å²) in [5, 5.41) is 7.62. The molecule has 1 aromatic heterocycles. The first kappa shape index (κ1) is 22.9. The van der Waals surface area contributed by atoms with Crippen LogP contribution in [0.2, 0.25) is 0 Å². The van der Waals surface area contributed by atoms with Crippen molar-refractivity contribution in [1.29, 1.82) is 0 Å². The standard InChI is InChI=1S/C26H29N3O4/c1-32-17-19-8-9-22(21-6-3-2-5-20(19)21)25(30)29-23-7-4-13-27-24(23)26(31)28-14-10-18-11-15-33-16-12-18/h2-9,13,18H,10-12,14-17H2,1H3,(H,28,31)(H,29,30). The van der Waals surface area contributed by atoms with Crippen LogP contribution in [0.3, 0.4) is 0 Å². The molecule has 0 spiro atoms. The molecule has 2 heterocycles. The minimum atomic E-state index is -0.293. The predicted molar refractivity (Wildman–Crippen MR) is 127 cm³/mol. The molecule has 7 nitrogen and oxygen atoms in total. The van der Waals surface area contributed by atoms with E-state index in [1.807, 2.05) is 30.3 Å². The Bertz CT molecular complexity index is 1130. The second kappa shape index (κ2) is 11.0. The zero-order valence-electron chi connectivity index (χ0n) is 18.8. The van der Waals surface area contributed by atoms with E-state index in [4.69, 9.17) is 9.47 Å².